The van der Waals surface area contributed by atoms with E-state index in [0.717, 1.165) is 42.7 Å². The molecule has 1 aromatic heterocycles. The van der Waals surface area contributed by atoms with Gasteiger partial charge in [-0.3, -0.25) is 0 Å². The topological polar surface area (TPSA) is 70.1 Å². The van der Waals surface area contributed by atoms with Gasteiger partial charge >= 0.3 is 5.97 Å². The van der Waals surface area contributed by atoms with E-state index in [9.17, 15) is 4.79 Å². The van der Waals surface area contributed by atoms with E-state index in [0.29, 0.717) is 17.9 Å². The van der Waals surface area contributed by atoms with E-state index in [4.69, 9.17) is 10.5 Å². The molecule has 5 heteroatoms. The summed E-state index contributed by atoms with van der Waals surface area (Å²) in [6.07, 6.45) is 3.29. The summed E-state index contributed by atoms with van der Waals surface area (Å²) in [5.74, 6) is 0.719. The summed E-state index contributed by atoms with van der Waals surface area (Å²) in [6, 6.07) is 3.46. The fourth-order valence-electron chi connectivity index (χ4n) is 2.67. The molecule has 0 aliphatic carbocycles. The van der Waals surface area contributed by atoms with Crippen LogP contribution in [0.25, 0.3) is 11.0 Å². The molecule has 5 nitrogen and oxygen atoms in total. The Hall–Kier alpha value is -2.04. The van der Waals surface area contributed by atoms with Crippen molar-refractivity contribution in [1.82, 2.24) is 9.55 Å². The average Bonchev–Trinajstić information content (AvgIpc) is 2.77. The number of aromatic nitrogens is 2. The van der Waals surface area contributed by atoms with Crippen LogP contribution in [0.15, 0.2) is 12.1 Å². The van der Waals surface area contributed by atoms with Crippen LogP contribution in [0.2, 0.25) is 0 Å². The molecule has 0 atom stereocenters. The highest BCUT2D eigenvalue weighted by Gasteiger charge is 2.18. The number of hydrogen-bond acceptors (Lipinski definition) is 4. The molecule has 2 aromatic rings. The van der Waals surface area contributed by atoms with Gasteiger partial charge in [-0.1, -0.05) is 0 Å². The van der Waals surface area contributed by atoms with Crippen LogP contribution in [0.4, 0.5) is 5.69 Å². The molecule has 0 amide bonds. The van der Waals surface area contributed by atoms with E-state index in [2.05, 4.69) is 9.55 Å². The summed E-state index contributed by atoms with van der Waals surface area (Å²) >= 11 is 0. The lowest BCUT2D eigenvalue weighted by molar-refractivity contribution is 0.0526. The first-order valence-electron chi connectivity index (χ1n) is 6.66. The molecule has 0 saturated carbocycles. The number of ether oxygens (including phenoxy) is 1. The Balaban J connectivity index is 2.14. The van der Waals surface area contributed by atoms with Crippen molar-refractivity contribution in [3.05, 3.63) is 23.5 Å². The van der Waals surface area contributed by atoms with Crippen molar-refractivity contribution < 1.29 is 9.53 Å². The van der Waals surface area contributed by atoms with Crippen LogP contribution in [-0.4, -0.2) is 22.1 Å². The molecule has 3 rings (SSSR count). The zero-order valence-corrected chi connectivity index (χ0v) is 11.0. The minimum Gasteiger partial charge on any atom is -0.462 e. The zero-order chi connectivity index (χ0) is 13.4. The fraction of sp³-hybridized carbons (Fsp3) is 0.429. The van der Waals surface area contributed by atoms with Crippen LogP contribution in [0.5, 0.6) is 0 Å². The third-order valence-electron chi connectivity index (χ3n) is 3.49. The summed E-state index contributed by atoms with van der Waals surface area (Å²) in [4.78, 5) is 16.4. The molecule has 100 valence electrons. The Bertz CT molecular complexity index is 646. The highest BCUT2D eigenvalue weighted by atomic mass is 16.5. The number of hydrogen-bond donors (Lipinski definition) is 1. The molecule has 1 aliphatic rings. The predicted molar refractivity (Wildman–Crippen MR) is 73.0 cm³/mol. The van der Waals surface area contributed by atoms with E-state index in [1.54, 1.807) is 19.1 Å². The van der Waals surface area contributed by atoms with Gasteiger partial charge in [0.15, 0.2) is 0 Å². The summed E-state index contributed by atoms with van der Waals surface area (Å²) in [7, 11) is 0. The van der Waals surface area contributed by atoms with Gasteiger partial charge in [-0.25, -0.2) is 9.78 Å². The fourth-order valence-corrected chi connectivity index (χ4v) is 2.67. The van der Waals surface area contributed by atoms with Crippen LogP contribution in [0, 0.1) is 0 Å². The van der Waals surface area contributed by atoms with Crippen molar-refractivity contribution in [2.45, 2.75) is 32.7 Å². The Labute approximate surface area is 111 Å². The van der Waals surface area contributed by atoms with Crippen molar-refractivity contribution in [3.63, 3.8) is 0 Å². The molecule has 0 spiro atoms. The van der Waals surface area contributed by atoms with Crippen molar-refractivity contribution in [2.24, 2.45) is 0 Å². The second-order valence-electron chi connectivity index (χ2n) is 4.79. The number of nitrogens with zero attached hydrogens (tertiary/aromatic N) is 2. The summed E-state index contributed by atoms with van der Waals surface area (Å²) < 4.78 is 7.17. The quantitative estimate of drug-likeness (QED) is 0.662. The van der Waals surface area contributed by atoms with Crippen molar-refractivity contribution >= 4 is 22.7 Å². The average molecular weight is 259 g/mol. The van der Waals surface area contributed by atoms with Gasteiger partial charge in [0, 0.05) is 13.0 Å². The number of fused-ring (bicyclic) bond motifs is 3. The maximum absolute atomic E-state index is 11.8. The lowest BCUT2D eigenvalue weighted by Crippen LogP contribution is -2.11. The van der Waals surface area contributed by atoms with Gasteiger partial charge < -0.3 is 15.0 Å². The predicted octanol–water partition coefficient (Wildman–Crippen LogP) is 2.13. The van der Waals surface area contributed by atoms with E-state index in [1.165, 1.54) is 0 Å². The Morgan fingerprint density at radius 2 is 2.32 bits per heavy atom. The molecule has 1 aromatic carbocycles. The molecule has 19 heavy (non-hydrogen) atoms. The third kappa shape index (κ3) is 1.95. The van der Waals surface area contributed by atoms with Gasteiger partial charge in [0.1, 0.15) is 5.82 Å². The molecule has 0 radical (unpaired) electrons. The Kier molecular flexibility index (Phi) is 2.89. The van der Waals surface area contributed by atoms with Gasteiger partial charge in [-0.2, -0.15) is 0 Å². The lowest BCUT2D eigenvalue weighted by Gasteiger charge is -2.14. The first-order valence-corrected chi connectivity index (χ1v) is 6.66. The van der Waals surface area contributed by atoms with E-state index in [-0.39, 0.29) is 5.97 Å². The van der Waals surface area contributed by atoms with Crippen molar-refractivity contribution in [3.8, 4) is 0 Å². The van der Waals surface area contributed by atoms with Crippen LogP contribution >= 0.6 is 0 Å². The maximum atomic E-state index is 11.8. The van der Waals surface area contributed by atoms with Crippen LogP contribution in [0.3, 0.4) is 0 Å². The number of benzene rings is 1. The number of imidazole rings is 1. The van der Waals surface area contributed by atoms with Crippen LogP contribution < -0.4 is 5.73 Å². The normalized spacial score (nSPS) is 14.4. The SMILES string of the molecule is CCOC(=O)c1cc(N)c2c(c1)nc1n2CCCC1. The summed E-state index contributed by atoms with van der Waals surface area (Å²) in [5, 5.41) is 0. The van der Waals surface area contributed by atoms with Gasteiger partial charge in [0.25, 0.3) is 0 Å². The highest BCUT2D eigenvalue weighted by molar-refractivity contribution is 5.98. The molecular formula is C14H17N3O2. The first kappa shape index (κ1) is 12.0. The Morgan fingerprint density at radius 1 is 1.47 bits per heavy atom. The molecule has 0 fully saturated rings. The van der Waals surface area contributed by atoms with E-state index >= 15 is 0 Å². The van der Waals surface area contributed by atoms with E-state index < -0.39 is 0 Å². The number of aryl methyl sites for hydroxylation is 2. The smallest absolute Gasteiger partial charge is 0.338 e. The second kappa shape index (κ2) is 4.57. The monoisotopic (exact) mass is 259 g/mol. The van der Waals surface area contributed by atoms with Crippen LogP contribution in [0.1, 0.15) is 35.9 Å². The maximum Gasteiger partial charge on any atom is 0.338 e. The highest BCUT2D eigenvalue weighted by Crippen LogP contribution is 2.28. The summed E-state index contributed by atoms with van der Waals surface area (Å²) in [5.41, 5.74) is 8.90. The number of esters is 1. The molecule has 2 N–H and O–H groups in total. The number of nitrogens with two attached hydrogens (primary N) is 1. The first-order chi connectivity index (χ1) is 9.20. The van der Waals surface area contributed by atoms with Gasteiger partial charge in [-0.15, -0.1) is 0 Å². The zero-order valence-electron chi connectivity index (χ0n) is 11.0. The molecular weight excluding hydrogens is 242 g/mol. The minimum absolute atomic E-state index is 0.345. The van der Waals surface area contributed by atoms with Crippen LogP contribution in [-0.2, 0) is 17.7 Å². The number of anilines is 1. The number of carbonyl (C=O) groups excluding carboxylic acids is 1. The van der Waals surface area contributed by atoms with E-state index in [1.807, 2.05) is 0 Å². The van der Waals surface area contributed by atoms with Gasteiger partial charge in [0.2, 0.25) is 0 Å². The number of carbonyl (C=O) groups is 1. The second-order valence-corrected chi connectivity index (χ2v) is 4.79. The van der Waals surface area contributed by atoms with Crippen molar-refractivity contribution in [1.29, 1.82) is 0 Å². The number of nitrogen functional groups attached to an aromatic ring is 1. The largest absolute Gasteiger partial charge is 0.462 e. The molecule has 1 aliphatic heterocycles. The molecule has 0 bridgehead atoms. The molecule has 0 unspecified atom stereocenters. The van der Waals surface area contributed by atoms with Gasteiger partial charge in [-0.05, 0) is 31.9 Å². The third-order valence-corrected chi connectivity index (χ3v) is 3.49. The Morgan fingerprint density at radius 3 is 3.11 bits per heavy atom. The summed E-state index contributed by atoms with van der Waals surface area (Å²) in [6.45, 7) is 3.10. The standard InChI is InChI=1S/C14H17N3O2/c1-2-19-14(18)9-7-10(15)13-11(8-9)16-12-5-3-4-6-17(12)13/h7-8H,2-6,15H2,1H3. The molecule has 2 heterocycles. The number of rotatable bonds is 2. The minimum atomic E-state index is -0.345. The van der Waals surface area contributed by atoms with Gasteiger partial charge in [0.05, 0.1) is 28.9 Å². The van der Waals surface area contributed by atoms with Crippen molar-refractivity contribution in [2.75, 3.05) is 12.3 Å². The lowest BCUT2D eigenvalue weighted by atomic mass is 10.1. The molecule has 0 saturated heterocycles.